The van der Waals surface area contributed by atoms with Crippen molar-refractivity contribution in [3.63, 3.8) is 0 Å². The molecular formula is C16H23N3. The van der Waals surface area contributed by atoms with Gasteiger partial charge in [0.05, 0.1) is 6.20 Å². The Labute approximate surface area is 115 Å². The lowest BCUT2D eigenvalue weighted by Gasteiger charge is -2.31. The number of rotatable bonds is 5. The molecule has 1 N–H and O–H groups in total. The van der Waals surface area contributed by atoms with E-state index < -0.39 is 0 Å². The van der Waals surface area contributed by atoms with E-state index in [-0.39, 0.29) is 10.8 Å². The molecule has 0 aliphatic carbocycles. The Hall–Kier alpha value is -1.64. The van der Waals surface area contributed by atoms with Crippen LogP contribution in [0.4, 0.5) is 0 Å². The van der Waals surface area contributed by atoms with Gasteiger partial charge in [-0.3, -0.25) is 10.1 Å². The van der Waals surface area contributed by atoms with E-state index in [4.69, 9.17) is 0 Å². The highest BCUT2D eigenvalue weighted by Gasteiger charge is 2.27. The van der Waals surface area contributed by atoms with E-state index in [2.05, 4.69) is 55.0 Å². The van der Waals surface area contributed by atoms with Crippen LogP contribution >= 0.6 is 0 Å². The number of nitrogens with one attached hydrogen (secondary N) is 1. The Bertz CT molecular complexity index is 498. The molecule has 3 nitrogen and oxygen atoms in total. The van der Waals surface area contributed by atoms with Gasteiger partial charge >= 0.3 is 0 Å². The number of nitrogens with zero attached hydrogens (tertiary/aromatic N) is 2. The van der Waals surface area contributed by atoms with Gasteiger partial charge in [-0.2, -0.15) is 5.10 Å². The Morgan fingerprint density at radius 1 is 0.947 bits per heavy atom. The number of H-pyrrole nitrogens is 1. The van der Waals surface area contributed by atoms with Crippen molar-refractivity contribution in [3.05, 3.63) is 48.0 Å². The highest BCUT2D eigenvalue weighted by Crippen LogP contribution is 2.35. The van der Waals surface area contributed by atoms with Crippen LogP contribution in [0, 0.1) is 0 Å². The molecule has 2 rings (SSSR count). The normalized spacial score (nSPS) is 12.6. The molecule has 0 amide bonds. The summed E-state index contributed by atoms with van der Waals surface area (Å²) in [5, 5.41) is 6.96. The molecule has 0 fully saturated rings. The lowest BCUT2D eigenvalue weighted by atomic mass is 9.73. The Balaban J connectivity index is 2.06. The summed E-state index contributed by atoms with van der Waals surface area (Å²) in [4.78, 5) is 4.10. The van der Waals surface area contributed by atoms with Crippen LogP contribution in [0.5, 0.6) is 0 Å². The average molecular weight is 257 g/mol. The average Bonchev–Trinajstić information content (AvgIpc) is 2.93. The molecule has 0 bridgehead atoms. The van der Waals surface area contributed by atoms with Crippen LogP contribution in [-0.4, -0.2) is 15.2 Å². The van der Waals surface area contributed by atoms with Gasteiger partial charge in [-0.1, -0.05) is 27.7 Å². The molecule has 2 aromatic rings. The molecule has 0 aromatic carbocycles. The van der Waals surface area contributed by atoms with E-state index >= 15 is 0 Å². The first-order chi connectivity index (χ1) is 8.92. The maximum absolute atomic E-state index is 4.10. The van der Waals surface area contributed by atoms with Gasteiger partial charge < -0.3 is 0 Å². The van der Waals surface area contributed by atoms with E-state index in [0.717, 1.165) is 12.8 Å². The molecule has 2 aromatic heterocycles. The van der Waals surface area contributed by atoms with Gasteiger partial charge in [0.15, 0.2) is 0 Å². The molecule has 102 valence electrons. The van der Waals surface area contributed by atoms with Gasteiger partial charge in [-0.05, 0) is 46.9 Å². The molecule has 0 aliphatic rings. The molecule has 19 heavy (non-hydrogen) atoms. The fraction of sp³-hybridized carbons (Fsp3) is 0.500. The van der Waals surface area contributed by atoms with Crippen molar-refractivity contribution in [3.8, 4) is 0 Å². The minimum atomic E-state index is 0.150. The minimum absolute atomic E-state index is 0.150. The van der Waals surface area contributed by atoms with Crippen molar-refractivity contribution in [2.75, 3.05) is 0 Å². The maximum Gasteiger partial charge on any atom is 0.0524 e. The van der Waals surface area contributed by atoms with E-state index in [1.165, 1.54) is 11.1 Å². The van der Waals surface area contributed by atoms with Crippen LogP contribution < -0.4 is 0 Å². The second-order valence-corrected chi connectivity index (χ2v) is 6.49. The van der Waals surface area contributed by atoms with Gasteiger partial charge in [-0.15, -0.1) is 0 Å². The van der Waals surface area contributed by atoms with Crippen molar-refractivity contribution < 1.29 is 0 Å². The standard InChI is InChI=1S/C16H23N3/c1-15(2,13-5-9-17-10-6-13)7-8-16(3,4)14-11-18-19-12-14/h5-6,9-12H,7-8H2,1-4H3,(H,18,19). The molecule has 3 heteroatoms. The third kappa shape index (κ3) is 3.22. The summed E-state index contributed by atoms with van der Waals surface area (Å²) in [7, 11) is 0. The van der Waals surface area contributed by atoms with E-state index in [9.17, 15) is 0 Å². The highest BCUT2D eigenvalue weighted by molar-refractivity contribution is 5.22. The Morgan fingerprint density at radius 2 is 1.53 bits per heavy atom. The summed E-state index contributed by atoms with van der Waals surface area (Å²) in [6, 6.07) is 4.23. The van der Waals surface area contributed by atoms with Crippen LogP contribution in [-0.2, 0) is 10.8 Å². The predicted molar refractivity (Wildman–Crippen MR) is 78.1 cm³/mol. The molecule has 0 aliphatic heterocycles. The SMILES string of the molecule is CC(C)(CCC(C)(C)c1cn[nH]c1)c1ccncc1. The van der Waals surface area contributed by atoms with Gasteiger partial charge in [0, 0.05) is 18.6 Å². The zero-order valence-electron chi connectivity index (χ0n) is 12.3. The Morgan fingerprint density at radius 3 is 2.05 bits per heavy atom. The molecular weight excluding hydrogens is 234 g/mol. The number of aromatic nitrogens is 3. The topological polar surface area (TPSA) is 41.6 Å². The second kappa shape index (κ2) is 5.16. The van der Waals surface area contributed by atoms with Crippen molar-refractivity contribution in [2.24, 2.45) is 0 Å². The monoisotopic (exact) mass is 257 g/mol. The third-order valence-electron chi connectivity index (χ3n) is 4.12. The predicted octanol–water partition coefficient (Wildman–Crippen LogP) is 3.84. The van der Waals surface area contributed by atoms with Crippen LogP contribution in [0.25, 0.3) is 0 Å². The van der Waals surface area contributed by atoms with Crippen LogP contribution in [0.2, 0.25) is 0 Å². The lowest BCUT2D eigenvalue weighted by molar-refractivity contribution is 0.375. The third-order valence-corrected chi connectivity index (χ3v) is 4.12. The zero-order chi connectivity index (χ0) is 13.9. The fourth-order valence-electron chi connectivity index (χ4n) is 2.34. The van der Waals surface area contributed by atoms with E-state index in [1.54, 1.807) is 0 Å². The van der Waals surface area contributed by atoms with Crippen LogP contribution in [0.3, 0.4) is 0 Å². The second-order valence-electron chi connectivity index (χ2n) is 6.49. The number of pyridine rings is 1. The molecule has 0 unspecified atom stereocenters. The first-order valence-electron chi connectivity index (χ1n) is 6.82. The van der Waals surface area contributed by atoms with Gasteiger partial charge in [0.25, 0.3) is 0 Å². The van der Waals surface area contributed by atoms with Crippen molar-refractivity contribution >= 4 is 0 Å². The highest BCUT2D eigenvalue weighted by atomic mass is 15.1. The van der Waals surface area contributed by atoms with Gasteiger partial charge in [0.2, 0.25) is 0 Å². The smallest absolute Gasteiger partial charge is 0.0524 e. The van der Waals surface area contributed by atoms with Crippen molar-refractivity contribution in [1.82, 2.24) is 15.2 Å². The summed E-state index contributed by atoms with van der Waals surface area (Å²) in [5.74, 6) is 0. The van der Waals surface area contributed by atoms with Gasteiger partial charge in [0.1, 0.15) is 0 Å². The quantitative estimate of drug-likeness (QED) is 0.884. The summed E-state index contributed by atoms with van der Waals surface area (Å²) in [5.41, 5.74) is 2.95. The first-order valence-corrected chi connectivity index (χ1v) is 6.82. The minimum Gasteiger partial charge on any atom is -0.285 e. The summed E-state index contributed by atoms with van der Waals surface area (Å²) >= 11 is 0. The van der Waals surface area contributed by atoms with E-state index in [1.807, 2.05) is 24.8 Å². The summed E-state index contributed by atoms with van der Waals surface area (Å²) in [6.45, 7) is 9.16. The largest absolute Gasteiger partial charge is 0.285 e. The molecule has 0 atom stereocenters. The first kappa shape index (κ1) is 13.8. The van der Waals surface area contributed by atoms with Crippen molar-refractivity contribution in [1.29, 1.82) is 0 Å². The molecule has 0 saturated carbocycles. The van der Waals surface area contributed by atoms with Gasteiger partial charge in [-0.25, -0.2) is 0 Å². The zero-order valence-corrected chi connectivity index (χ0v) is 12.3. The molecule has 2 heterocycles. The van der Waals surface area contributed by atoms with E-state index in [0.29, 0.717) is 0 Å². The molecule has 0 saturated heterocycles. The molecule has 0 radical (unpaired) electrons. The molecule has 0 spiro atoms. The Kier molecular flexibility index (Phi) is 3.74. The lowest BCUT2D eigenvalue weighted by Crippen LogP contribution is -2.24. The number of hydrogen-bond donors (Lipinski definition) is 1. The van der Waals surface area contributed by atoms with Crippen LogP contribution in [0.15, 0.2) is 36.9 Å². The van der Waals surface area contributed by atoms with Crippen molar-refractivity contribution in [2.45, 2.75) is 51.4 Å². The summed E-state index contributed by atoms with van der Waals surface area (Å²) < 4.78 is 0. The fourth-order valence-corrected chi connectivity index (χ4v) is 2.34. The maximum atomic E-state index is 4.10. The number of hydrogen-bond acceptors (Lipinski definition) is 2. The summed E-state index contributed by atoms with van der Waals surface area (Å²) in [6.07, 6.45) is 9.94. The number of aromatic amines is 1. The van der Waals surface area contributed by atoms with Crippen LogP contribution in [0.1, 0.15) is 51.7 Å².